The molecule has 0 aliphatic carbocycles. The van der Waals surface area contributed by atoms with Gasteiger partial charge < -0.3 is 10.8 Å². The van der Waals surface area contributed by atoms with Crippen LogP contribution < -0.4 is 10.5 Å². The van der Waals surface area contributed by atoms with E-state index in [9.17, 15) is 13.5 Å². The molecule has 0 heterocycles. The smallest absolute Gasteiger partial charge is 0.242 e. The maximum absolute atomic E-state index is 12.2. The van der Waals surface area contributed by atoms with E-state index in [0.29, 0.717) is 0 Å². The van der Waals surface area contributed by atoms with Crippen molar-refractivity contribution in [3.63, 3.8) is 0 Å². The highest BCUT2D eigenvalue weighted by atomic mass is 35.5. The summed E-state index contributed by atoms with van der Waals surface area (Å²) in [6, 6.07) is 2.65. The standard InChI is InChI=1S/C13H20Cl2N2O3S/c1-3-8(4-2)10(18)7-17-21(19,20)11-6-5-9(14)13(16)12(11)15/h5-6,8,10,17-18H,3-4,7,16H2,1-2H3. The number of aliphatic hydroxyl groups excluding tert-OH is 1. The van der Waals surface area contributed by atoms with Gasteiger partial charge in [-0.25, -0.2) is 13.1 Å². The minimum Gasteiger partial charge on any atom is -0.396 e. The topological polar surface area (TPSA) is 92.4 Å². The molecule has 8 heteroatoms. The zero-order valence-corrected chi connectivity index (χ0v) is 14.3. The summed E-state index contributed by atoms with van der Waals surface area (Å²) in [6.07, 6.45) is 0.792. The van der Waals surface area contributed by atoms with E-state index in [0.717, 1.165) is 12.8 Å². The highest BCUT2D eigenvalue weighted by Gasteiger charge is 2.23. The average molecular weight is 355 g/mol. The molecule has 0 saturated heterocycles. The molecule has 0 radical (unpaired) electrons. The van der Waals surface area contributed by atoms with Crippen LogP contribution in [0.15, 0.2) is 17.0 Å². The van der Waals surface area contributed by atoms with Gasteiger partial charge in [0.15, 0.2) is 0 Å². The first-order chi connectivity index (χ1) is 9.74. The van der Waals surface area contributed by atoms with Crippen LogP contribution in [0.3, 0.4) is 0 Å². The first kappa shape index (κ1) is 18.5. The number of nitrogens with one attached hydrogen (secondary N) is 1. The molecule has 0 aliphatic heterocycles. The van der Waals surface area contributed by atoms with Crippen molar-refractivity contribution in [2.45, 2.75) is 37.7 Å². The van der Waals surface area contributed by atoms with E-state index < -0.39 is 16.1 Å². The van der Waals surface area contributed by atoms with Gasteiger partial charge in [-0.2, -0.15) is 0 Å². The van der Waals surface area contributed by atoms with E-state index in [4.69, 9.17) is 28.9 Å². The van der Waals surface area contributed by atoms with Crippen LogP contribution in [-0.4, -0.2) is 26.2 Å². The molecule has 1 atom stereocenters. The van der Waals surface area contributed by atoms with Gasteiger partial charge in [0.05, 0.1) is 21.8 Å². The first-order valence-corrected chi connectivity index (χ1v) is 8.89. The number of nitrogen functional groups attached to an aromatic ring is 1. The molecule has 0 fully saturated rings. The third-order valence-corrected chi connectivity index (χ3v) is 5.77. The van der Waals surface area contributed by atoms with Gasteiger partial charge in [-0.3, -0.25) is 0 Å². The normalized spacial score (nSPS) is 13.6. The molecule has 0 aliphatic rings. The predicted octanol–water partition coefficient (Wildman–Crippen LogP) is 2.65. The molecule has 0 saturated carbocycles. The summed E-state index contributed by atoms with van der Waals surface area (Å²) < 4.78 is 26.8. The number of hydrogen-bond acceptors (Lipinski definition) is 4. The van der Waals surface area contributed by atoms with E-state index in [1.54, 1.807) is 0 Å². The van der Waals surface area contributed by atoms with E-state index in [1.165, 1.54) is 12.1 Å². The van der Waals surface area contributed by atoms with Crippen molar-refractivity contribution in [1.29, 1.82) is 0 Å². The molecule has 0 amide bonds. The van der Waals surface area contributed by atoms with Gasteiger partial charge in [-0.05, 0) is 18.1 Å². The van der Waals surface area contributed by atoms with Gasteiger partial charge in [0.2, 0.25) is 10.0 Å². The number of benzene rings is 1. The number of halogens is 2. The van der Waals surface area contributed by atoms with Crippen LogP contribution in [0.5, 0.6) is 0 Å². The van der Waals surface area contributed by atoms with E-state index in [1.807, 2.05) is 13.8 Å². The average Bonchev–Trinajstić information content (AvgIpc) is 2.44. The number of hydrogen-bond donors (Lipinski definition) is 3. The number of aliphatic hydroxyl groups is 1. The zero-order valence-electron chi connectivity index (χ0n) is 11.9. The third-order valence-electron chi connectivity index (χ3n) is 3.46. The lowest BCUT2D eigenvalue weighted by molar-refractivity contribution is 0.107. The van der Waals surface area contributed by atoms with Gasteiger partial charge in [-0.1, -0.05) is 49.9 Å². The Hall–Kier alpha value is -0.530. The minimum atomic E-state index is -3.86. The van der Waals surface area contributed by atoms with Crippen molar-refractivity contribution < 1.29 is 13.5 Å². The summed E-state index contributed by atoms with van der Waals surface area (Å²) >= 11 is 11.7. The lowest BCUT2D eigenvalue weighted by Crippen LogP contribution is -2.36. The Morgan fingerprint density at radius 3 is 2.38 bits per heavy atom. The summed E-state index contributed by atoms with van der Waals surface area (Å²) in [4.78, 5) is -0.150. The summed E-state index contributed by atoms with van der Waals surface area (Å²) in [6.45, 7) is 3.82. The van der Waals surface area contributed by atoms with E-state index >= 15 is 0 Å². The zero-order chi connectivity index (χ0) is 16.2. The highest BCUT2D eigenvalue weighted by molar-refractivity contribution is 7.89. The van der Waals surface area contributed by atoms with Crippen LogP contribution in [0.4, 0.5) is 5.69 Å². The molecular formula is C13H20Cl2N2O3S. The van der Waals surface area contributed by atoms with Crippen LogP contribution >= 0.6 is 23.2 Å². The van der Waals surface area contributed by atoms with Crippen LogP contribution in [0.25, 0.3) is 0 Å². The fraction of sp³-hybridized carbons (Fsp3) is 0.538. The van der Waals surface area contributed by atoms with Crippen molar-refractivity contribution in [3.05, 3.63) is 22.2 Å². The van der Waals surface area contributed by atoms with Crippen LogP contribution in [0.1, 0.15) is 26.7 Å². The number of nitrogens with two attached hydrogens (primary N) is 1. The van der Waals surface area contributed by atoms with Crippen LogP contribution in [0, 0.1) is 5.92 Å². The van der Waals surface area contributed by atoms with Crippen LogP contribution in [-0.2, 0) is 10.0 Å². The number of rotatable bonds is 7. The fourth-order valence-corrected chi connectivity index (χ4v) is 3.84. The molecule has 1 rings (SSSR count). The second-order valence-electron chi connectivity index (χ2n) is 4.77. The molecule has 1 unspecified atom stereocenters. The van der Waals surface area contributed by atoms with Crippen molar-refractivity contribution in [2.24, 2.45) is 5.92 Å². The second-order valence-corrected chi connectivity index (χ2v) is 7.29. The summed E-state index contributed by atoms with van der Waals surface area (Å²) in [7, 11) is -3.86. The molecule has 0 bridgehead atoms. The molecule has 120 valence electrons. The monoisotopic (exact) mass is 354 g/mol. The third kappa shape index (κ3) is 4.47. The Bertz CT molecular complexity index is 589. The maximum Gasteiger partial charge on any atom is 0.242 e. The van der Waals surface area contributed by atoms with Crippen molar-refractivity contribution in [2.75, 3.05) is 12.3 Å². The number of sulfonamides is 1. The largest absolute Gasteiger partial charge is 0.396 e. The van der Waals surface area contributed by atoms with E-state index in [-0.39, 0.29) is 33.1 Å². The van der Waals surface area contributed by atoms with Gasteiger partial charge in [0.25, 0.3) is 0 Å². The molecule has 21 heavy (non-hydrogen) atoms. The van der Waals surface area contributed by atoms with Gasteiger partial charge in [0.1, 0.15) is 4.90 Å². The molecule has 4 N–H and O–H groups in total. The Morgan fingerprint density at radius 2 is 1.86 bits per heavy atom. The minimum absolute atomic E-state index is 0.0155. The Balaban J connectivity index is 2.91. The van der Waals surface area contributed by atoms with Crippen LogP contribution in [0.2, 0.25) is 10.0 Å². The summed E-state index contributed by atoms with van der Waals surface area (Å²) in [5.74, 6) is 0.0402. The molecule has 5 nitrogen and oxygen atoms in total. The van der Waals surface area contributed by atoms with Crippen molar-refractivity contribution in [1.82, 2.24) is 4.72 Å². The molecular weight excluding hydrogens is 335 g/mol. The molecule has 1 aromatic rings. The SMILES string of the molecule is CCC(CC)C(O)CNS(=O)(=O)c1ccc(Cl)c(N)c1Cl. The van der Waals surface area contributed by atoms with Gasteiger partial charge in [0, 0.05) is 6.54 Å². The lowest BCUT2D eigenvalue weighted by Gasteiger charge is -2.20. The quantitative estimate of drug-likeness (QED) is 0.656. The Morgan fingerprint density at radius 1 is 1.29 bits per heavy atom. The maximum atomic E-state index is 12.2. The molecule has 0 aromatic heterocycles. The first-order valence-electron chi connectivity index (χ1n) is 6.65. The summed E-state index contributed by atoms with van der Waals surface area (Å²) in [5, 5.41) is 10.1. The fourth-order valence-electron chi connectivity index (χ4n) is 2.03. The van der Waals surface area contributed by atoms with Crippen molar-refractivity contribution >= 4 is 38.9 Å². The number of anilines is 1. The van der Waals surface area contributed by atoms with Crippen molar-refractivity contribution in [3.8, 4) is 0 Å². The molecule has 0 spiro atoms. The predicted molar refractivity (Wildman–Crippen MR) is 86.1 cm³/mol. The van der Waals surface area contributed by atoms with Gasteiger partial charge in [-0.15, -0.1) is 0 Å². The summed E-state index contributed by atoms with van der Waals surface area (Å²) in [5.41, 5.74) is 5.64. The lowest BCUT2D eigenvalue weighted by atomic mass is 9.97. The molecule has 1 aromatic carbocycles. The second kappa shape index (κ2) is 7.65. The van der Waals surface area contributed by atoms with E-state index in [2.05, 4.69) is 4.72 Å². The van der Waals surface area contributed by atoms with Gasteiger partial charge >= 0.3 is 0 Å². The Labute approximate surface area is 135 Å². The highest BCUT2D eigenvalue weighted by Crippen LogP contribution is 2.32. The Kier molecular flexibility index (Phi) is 6.74.